The highest BCUT2D eigenvalue weighted by Crippen LogP contribution is 2.19. The minimum Gasteiger partial charge on any atom is -0.468 e. The quantitative estimate of drug-likeness (QED) is 0.377. The average molecular weight is 479 g/mol. The fourth-order valence-electron chi connectivity index (χ4n) is 3.43. The van der Waals surface area contributed by atoms with Crippen LogP contribution in [0.3, 0.4) is 0 Å². The van der Waals surface area contributed by atoms with E-state index in [1.807, 2.05) is 43.5 Å². The first-order chi connectivity index (χ1) is 16.4. The molecule has 4 rings (SSSR count). The second-order valence-electron chi connectivity index (χ2n) is 7.89. The second kappa shape index (κ2) is 10.5. The molecule has 34 heavy (non-hydrogen) atoms. The van der Waals surface area contributed by atoms with Gasteiger partial charge in [-0.3, -0.25) is 4.79 Å². The number of furan rings is 1. The van der Waals surface area contributed by atoms with E-state index >= 15 is 0 Å². The maximum Gasteiger partial charge on any atom is 0.243 e. The number of nitrogens with one attached hydrogen (secondary N) is 1. The van der Waals surface area contributed by atoms with E-state index in [0.717, 1.165) is 21.1 Å². The van der Waals surface area contributed by atoms with Gasteiger partial charge in [-0.25, -0.2) is 13.1 Å². The van der Waals surface area contributed by atoms with Gasteiger partial charge in [0.2, 0.25) is 15.9 Å². The van der Waals surface area contributed by atoms with E-state index in [-0.39, 0.29) is 18.0 Å². The molecule has 2 aromatic carbocycles. The van der Waals surface area contributed by atoms with E-state index < -0.39 is 15.9 Å². The smallest absolute Gasteiger partial charge is 0.243 e. The van der Waals surface area contributed by atoms with Crippen molar-refractivity contribution in [2.24, 2.45) is 0 Å². The highest BCUT2D eigenvalue weighted by molar-refractivity contribution is 7.89. The van der Waals surface area contributed by atoms with Gasteiger partial charge in [0.05, 0.1) is 36.1 Å². The highest BCUT2D eigenvalue weighted by atomic mass is 32.2. The normalized spacial score (nSPS) is 11.6. The van der Waals surface area contributed by atoms with Crippen LogP contribution < -0.4 is 5.32 Å². The van der Waals surface area contributed by atoms with Crippen molar-refractivity contribution >= 4 is 15.9 Å². The van der Waals surface area contributed by atoms with E-state index in [9.17, 15) is 13.2 Å². The van der Waals surface area contributed by atoms with Crippen LogP contribution >= 0.6 is 0 Å². The Morgan fingerprint density at radius 1 is 1.06 bits per heavy atom. The number of aryl methyl sites for hydroxylation is 1. The summed E-state index contributed by atoms with van der Waals surface area (Å²) in [5.41, 5.74) is 2.86. The molecule has 0 fully saturated rings. The van der Waals surface area contributed by atoms with Gasteiger partial charge in [-0.1, -0.05) is 35.9 Å². The van der Waals surface area contributed by atoms with E-state index in [2.05, 4.69) is 10.4 Å². The maximum atomic E-state index is 13.2. The first kappa shape index (κ1) is 23.5. The Hall–Kier alpha value is -3.69. The van der Waals surface area contributed by atoms with Crippen LogP contribution in [-0.2, 0) is 27.8 Å². The summed E-state index contributed by atoms with van der Waals surface area (Å²) in [6.45, 7) is 1.88. The third-order valence-electron chi connectivity index (χ3n) is 5.28. The minimum atomic E-state index is -3.89. The zero-order valence-electron chi connectivity index (χ0n) is 18.8. The molecule has 0 saturated carbocycles. The SMILES string of the molecule is Cc1ccc(S(=O)(=O)N(CC(=O)NCCc2cnn(-c3ccccc3)c2)Cc2ccco2)cc1. The van der Waals surface area contributed by atoms with Gasteiger partial charge in [0, 0.05) is 12.7 Å². The Balaban J connectivity index is 1.39. The second-order valence-corrected chi connectivity index (χ2v) is 9.83. The van der Waals surface area contributed by atoms with Gasteiger partial charge in [-0.2, -0.15) is 9.40 Å². The summed E-state index contributed by atoms with van der Waals surface area (Å²) < 4.78 is 34.7. The Kier molecular flexibility index (Phi) is 7.24. The lowest BCUT2D eigenvalue weighted by molar-refractivity contribution is -0.121. The number of carbonyl (C=O) groups is 1. The zero-order chi connectivity index (χ0) is 24.0. The van der Waals surface area contributed by atoms with Crippen LogP contribution in [0.2, 0.25) is 0 Å². The van der Waals surface area contributed by atoms with Gasteiger partial charge in [0.15, 0.2) is 0 Å². The van der Waals surface area contributed by atoms with Crippen molar-refractivity contribution in [2.45, 2.75) is 24.8 Å². The predicted molar refractivity (Wildman–Crippen MR) is 128 cm³/mol. The van der Waals surface area contributed by atoms with Crippen LogP contribution in [0.25, 0.3) is 5.69 Å². The summed E-state index contributed by atoms with van der Waals surface area (Å²) >= 11 is 0. The summed E-state index contributed by atoms with van der Waals surface area (Å²) in [5.74, 6) is 0.0644. The molecule has 9 heteroatoms. The summed E-state index contributed by atoms with van der Waals surface area (Å²) in [5, 5.41) is 7.16. The molecule has 0 aliphatic heterocycles. The molecule has 0 aliphatic rings. The van der Waals surface area contributed by atoms with Crippen LogP contribution in [0.5, 0.6) is 0 Å². The summed E-state index contributed by atoms with van der Waals surface area (Å²) in [6.07, 6.45) is 5.71. The van der Waals surface area contributed by atoms with Gasteiger partial charge >= 0.3 is 0 Å². The van der Waals surface area contributed by atoms with E-state index in [1.54, 1.807) is 47.3 Å². The number of hydrogen-bond acceptors (Lipinski definition) is 5. The standard InChI is InChI=1S/C25H26N4O4S/c1-20-9-11-24(12-10-20)34(31,32)28(18-23-8-5-15-33-23)19-25(30)26-14-13-21-16-27-29(17-21)22-6-3-2-4-7-22/h2-12,15-17H,13-14,18-19H2,1H3,(H,26,30). The average Bonchev–Trinajstić information content (AvgIpc) is 3.52. The van der Waals surface area contributed by atoms with E-state index in [4.69, 9.17) is 4.42 Å². The van der Waals surface area contributed by atoms with Crippen molar-refractivity contribution in [3.63, 3.8) is 0 Å². The number of carbonyl (C=O) groups excluding carboxylic acids is 1. The lowest BCUT2D eigenvalue weighted by Crippen LogP contribution is -2.40. The molecule has 0 bridgehead atoms. The summed E-state index contributed by atoms with van der Waals surface area (Å²) in [7, 11) is -3.89. The molecule has 1 N–H and O–H groups in total. The van der Waals surface area contributed by atoms with Crippen molar-refractivity contribution < 1.29 is 17.6 Å². The number of para-hydroxylation sites is 1. The third-order valence-corrected chi connectivity index (χ3v) is 7.09. The molecular weight excluding hydrogens is 452 g/mol. The molecule has 2 aromatic heterocycles. The number of sulfonamides is 1. The molecule has 4 aromatic rings. The number of benzene rings is 2. The monoisotopic (exact) mass is 478 g/mol. The topological polar surface area (TPSA) is 97.4 Å². The van der Waals surface area contributed by atoms with Crippen molar-refractivity contribution in [3.8, 4) is 5.69 Å². The Morgan fingerprint density at radius 3 is 2.53 bits per heavy atom. The predicted octanol–water partition coefficient (Wildman–Crippen LogP) is 3.32. The van der Waals surface area contributed by atoms with Gasteiger partial charge in [-0.15, -0.1) is 0 Å². The van der Waals surface area contributed by atoms with Crippen LogP contribution in [0.1, 0.15) is 16.9 Å². The highest BCUT2D eigenvalue weighted by Gasteiger charge is 2.27. The maximum absolute atomic E-state index is 13.2. The Morgan fingerprint density at radius 2 is 1.82 bits per heavy atom. The molecule has 0 spiro atoms. The van der Waals surface area contributed by atoms with Gasteiger partial charge in [0.25, 0.3) is 0 Å². The molecule has 0 atom stereocenters. The van der Waals surface area contributed by atoms with Crippen LogP contribution in [0, 0.1) is 6.92 Å². The van der Waals surface area contributed by atoms with Crippen molar-refractivity contribution in [1.82, 2.24) is 19.4 Å². The largest absolute Gasteiger partial charge is 0.468 e. The van der Waals surface area contributed by atoms with Crippen molar-refractivity contribution in [3.05, 3.63) is 102 Å². The molecule has 0 saturated heterocycles. The molecule has 1 amide bonds. The van der Waals surface area contributed by atoms with Crippen LogP contribution in [0.4, 0.5) is 0 Å². The van der Waals surface area contributed by atoms with Crippen molar-refractivity contribution in [1.29, 1.82) is 0 Å². The molecular formula is C25H26N4O4S. The number of rotatable bonds is 10. The third kappa shape index (κ3) is 5.81. The van der Waals surface area contributed by atoms with Gasteiger partial charge < -0.3 is 9.73 Å². The Labute approximate surface area is 198 Å². The zero-order valence-corrected chi connectivity index (χ0v) is 19.6. The van der Waals surface area contributed by atoms with Crippen LogP contribution in [-0.4, -0.2) is 41.5 Å². The number of nitrogens with zero attached hydrogens (tertiary/aromatic N) is 3. The molecule has 0 unspecified atom stereocenters. The summed E-state index contributed by atoms with van der Waals surface area (Å²) in [6, 6.07) is 19.7. The van der Waals surface area contributed by atoms with Gasteiger partial charge in [-0.05, 0) is 55.3 Å². The van der Waals surface area contributed by atoms with Crippen molar-refractivity contribution in [2.75, 3.05) is 13.1 Å². The molecule has 8 nitrogen and oxygen atoms in total. The van der Waals surface area contributed by atoms with Gasteiger partial charge in [0.1, 0.15) is 5.76 Å². The molecule has 0 aliphatic carbocycles. The van der Waals surface area contributed by atoms with E-state index in [0.29, 0.717) is 18.7 Å². The lowest BCUT2D eigenvalue weighted by atomic mass is 10.2. The number of amides is 1. The number of hydrogen-bond donors (Lipinski definition) is 1. The fraction of sp³-hybridized carbons (Fsp3) is 0.200. The first-order valence-electron chi connectivity index (χ1n) is 10.9. The minimum absolute atomic E-state index is 0.0412. The lowest BCUT2D eigenvalue weighted by Gasteiger charge is -2.21. The first-order valence-corrected chi connectivity index (χ1v) is 12.3. The van der Waals surface area contributed by atoms with E-state index in [1.165, 1.54) is 6.26 Å². The Bertz CT molecular complexity index is 1320. The molecule has 0 radical (unpaired) electrons. The molecule has 2 heterocycles. The molecule has 176 valence electrons. The summed E-state index contributed by atoms with van der Waals surface area (Å²) in [4.78, 5) is 12.8. The number of aromatic nitrogens is 2. The van der Waals surface area contributed by atoms with Crippen LogP contribution in [0.15, 0.2) is 94.7 Å². The fourth-order valence-corrected chi connectivity index (χ4v) is 4.80.